The molecule has 1 saturated carbocycles. The molecule has 0 spiro atoms. The molecule has 1 aliphatic rings. The van der Waals surface area contributed by atoms with E-state index in [1.807, 2.05) is 0 Å². The SMILES string of the molecule is CCCC(C)(CNC1CC1)CN(C)C(C)C(C)C. The zero-order valence-electron chi connectivity index (χ0n) is 13.4. The van der Waals surface area contributed by atoms with Gasteiger partial charge in [0.15, 0.2) is 0 Å². The summed E-state index contributed by atoms with van der Waals surface area (Å²) in [5, 5.41) is 3.73. The number of nitrogens with zero attached hydrogens (tertiary/aromatic N) is 1. The summed E-state index contributed by atoms with van der Waals surface area (Å²) in [6.45, 7) is 14.1. The van der Waals surface area contributed by atoms with Crippen molar-refractivity contribution in [3.63, 3.8) is 0 Å². The lowest BCUT2D eigenvalue weighted by Gasteiger charge is -2.38. The van der Waals surface area contributed by atoms with Crippen molar-refractivity contribution in [2.24, 2.45) is 11.3 Å². The van der Waals surface area contributed by atoms with Crippen LogP contribution in [-0.2, 0) is 0 Å². The van der Waals surface area contributed by atoms with E-state index in [2.05, 4.69) is 51.9 Å². The molecule has 1 aliphatic carbocycles. The van der Waals surface area contributed by atoms with Crippen LogP contribution in [0.1, 0.15) is 60.3 Å². The number of hydrogen-bond donors (Lipinski definition) is 1. The van der Waals surface area contributed by atoms with Gasteiger partial charge in [-0.25, -0.2) is 0 Å². The highest BCUT2D eigenvalue weighted by Gasteiger charge is 2.30. The molecule has 18 heavy (non-hydrogen) atoms. The van der Waals surface area contributed by atoms with Crippen LogP contribution in [-0.4, -0.2) is 37.1 Å². The van der Waals surface area contributed by atoms with Crippen LogP contribution in [0.25, 0.3) is 0 Å². The van der Waals surface area contributed by atoms with E-state index in [1.165, 1.54) is 38.8 Å². The van der Waals surface area contributed by atoms with E-state index in [4.69, 9.17) is 0 Å². The topological polar surface area (TPSA) is 15.3 Å². The van der Waals surface area contributed by atoms with E-state index < -0.39 is 0 Å². The number of hydrogen-bond acceptors (Lipinski definition) is 2. The Labute approximate surface area is 115 Å². The van der Waals surface area contributed by atoms with Crippen molar-refractivity contribution < 1.29 is 0 Å². The zero-order valence-corrected chi connectivity index (χ0v) is 13.4. The highest BCUT2D eigenvalue weighted by Crippen LogP contribution is 2.27. The van der Waals surface area contributed by atoms with Gasteiger partial charge in [0.05, 0.1) is 0 Å². The van der Waals surface area contributed by atoms with Crippen molar-refractivity contribution >= 4 is 0 Å². The fourth-order valence-electron chi connectivity index (χ4n) is 2.76. The molecule has 1 N–H and O–H groups in total. The molecule has 1 rings (SSSR count). The first-order chi connectivity index (χ1) is 8.38. The molecule has 1 fully saturated rings. The zero-order chi connectivity index (χ0) is 13.8. The lowest BCUT2D eigenvalue weighted by molar-refractivity contribution is 0.120. The van der Waals surface area contributed by atoms with Gasteiger partial charge in [-0.1, -0.05) is 34.1 Å². The summed E-state index contributed by atoms with van der Waals surface area (Å²) in [4.78, 5) is 2.55. The van der Waals surface area contributed by atoms with E-state index in [-0.39, 0.29) is 0 Å². The third kappa shape index (κ3) is 5.27. The minimum Gasteiger partial charge on any atom is -0.313 e. The Morgan fingerprint density at radius 2 is 1.89 bits per heavy atom. The molecule has 2 unspecified atom stereocenters. The van der Waals surface area contributed by atoms with Gasteiger partial charge in [0, 0.05) is 25.2 Å². The van der Waals surface area contributed by atoms with Crippen LogP contribution < -0.4 is 5.32 Å². The van der Waals surface area contributed by atoms with Gasteiger partial charge in [0.2, 0.25) is 0 Å². The molecule has 0 aromatic rings. The first kappa shape index (κ1) is 16.0. The van der Waals surface area contributed by atoms with Crippen LogP contribution in [0.5, 0.6) is 0 Å². The Morgan fingerprint density at radius 1 is 1.28 bits per heavy atom. The van der Waals surface area contributed by atoms with Gasteiger partial charge < -0.3 is 10.2 Å². The predicted octanol–water partition coefficient (Wildman–Crippen LogP) is 3.52. The van der Waals surface area contributed by atoms with Gasteiger partial charge in [0.1, 0.15) is 0 Å². The lowest BCUT2D eigenvalue weighted by atomic mass is 9.84. The van der Waals surface area contributed by atoms with Crippen LogP contribution in [0.15, 0.2) is 0 Å². The maximum Gasteiger partial charge on any atom is 0.00871 e. The monoisotopic (exact) mass is 254 g/mol. The van der Waals surface area contributed by atoms with E-state index >= 15 is 0 Å². The first-order valence-corrected chi connectivity index (χ1v) is 7.81. The van der Waals surface area contributed by atoms with Crippen LogP contribution in [0.2, 0.25) is 0 Å². The van der Waals surface area contributed by atoms with Gasteiger partial charge in [-0.15, -0.1) is 0 Å². The van der Waals surface area contributed by atoms with Crippen molar-refractivity contribution in [3.05, 3.63) is 0 Å². The molecule has 108 valence electrons. The standard InChI is InChI=1S/C16H34N2/c1-7-10-16(5,11-17-15-8-9-15)12-18(6)14(4)13(2)3/h13-15,17H,7-12H2,1-6H3. The van der Waals surface area contributed by atoms with E-state index in [9.17, 15) is 0 Å². The summed E-state index contributed by atoms with van der Waals surface area (Å²) in [5.74, 6) is 0.734. The van der Waals surface area contributed by atoms with Crippen molar-refractivity contribution in [1.29, 1.82) is 0 Å². The van der Waals surface area contributed by atoms with Crippen molar-refractivity contribution in [2.75, 3.05) is 20.1 Å². The van der Waals surface area contributed by atoms with Gasteiger partial charge in [-0.2, -0.15) is 0 Å². The Morgan fingerprint density at radius 3 is 2.33 bits per heavy atom. The average Bonchev–Trinajstić information content (AvgIpc) is 3.09. The Hall–Kier alpha value is -0.0800. The van der Waals surface area contributed by atoms with Crippen LogP contribution in [0.4, 0.5) is 0 Å². The van der Waals surface area contributed by atoms with Crippen LogP contribution in [0.3, 0.4) is 0 Å². The van der Waals surface area contributed by atoms with Crippen molar-refractivity contribution in [2.45, 2.75) is 72.4 Å². The molecule has 0 bridgehead atoms. The lowest BCUT2D eigenvalue weighted by Crippen LogP contribution is -2.45. The van der Waals surface area contributed by atoms with Gasteiger partial charge in [-0.3, -0.25) is 0 Å². The van der Waals surface area contributed by atoms with E-state index in [0.717, 1.165) is 12.0 Å². The molecular formula is C16H34N2. The highest BCUT2D eigenvalue weighted by molar-refractivity contribution is 4.87. The maximum atomic E-state index is 3.73. The number of rotatable bonds is 9. The quantitative estimate of drug-likeness (QED) is 0.677. The fourth-order valence-corrected chi connectivity index (χ4v) is 2.76. The fraction of sp³-hybridized carbons (Fsp3) is 1.00. The largest absolute Gasteiger partial charge is 0.313 e. The summed E-state index contributed by atoms with van der Waals surface area (Å²) >= 11 is 0. The van der Waals surface area contributed by atoms with Crippen molar-refractivity contribution in [3.8, 4) is 0 Å². The van der Waals surface area contributed by atoms with Crippen LogP contribution in [0, 0.1) is 11.3 Å². The summed E-state index contributed by atoms with van der Waals surface area (Å²) < 4.78 is 0. The minimum absolute atomic E-state index is 0.426. The molecule has 0 aliphatic heterocycles. The third-order valence-electron chi connectivity index (χ3n) is 4.54. The molecule has 0 amide bonds. The molecule has 0 saturated heterocycles. The first-order valence-electron chi connectivity index (χ1n) is 7.81. The molecule has 0 heterocycles. The molecule has 0 aromatic heterocycles. The average molecular weight is 254 g/mol. The number of nitrogens with one attached hydrogen (secondary N) is 1. The molecule has 2 nitrogen and oxygen atoms in total. The second-order valence-electron chi connectivity index (χ2n) is 7.12. The van der Waals surface area contributed by atoms with Gasteiger partial charge >= 0.3 is 0 Å². The summed E-state index contributed by atoms with van der Waals surface area (Å²) in [6.07, 6.45) is 5.38. The second-order valence-corrected chi connectivity index (χ2v) is 7.12. The molecule has 2 heteroatoms. The van der Waals surface area contributed by atoms with Gasteiger partial charge in [-0.05, 0) is 44.6 Å². The highest BCUT2D eigenvalue weighted by atomic mass is 15.1. The smallest absolute Gasteiger partial charge is 0.00871 e. The molecule has 0 radical (unpaired) electrons. The molecule has 0 aromatic carbocycles. The molecule has 2 atom stereocenters. The second kappa shape index (κ2) is 6.91. The Kier molecular flexibility index (Phi) is 6.13. The Bertz CT molecular complexity index is 235. The minimum atomic E-state index is 0.426. The predicted molar refractivity (Wildman–Crippen MR) is 81.0 cm³/mol. The van der Waals surface area contributed by atoms with Crippen LogP contribution >= 0.6 is 0 Å². The maximum absolute atomic E-state index is 3.73. The van der Waals surface area contributed by atoms with E-state index in [0.29, 0.717) is 11.5 Å². The third-order valence-corrected chi connectivity index (χ3v) is 4.54. The van der Waals surface area contributed by atoms with Gasteiger partial charge in [0.25, 0.3) is 0 Å². The van der Waals surface area contributed by atoms with Crippen molar-refractivity contribution in [1.82, 2.24) is 10.2 Å². The molecular weight excluding hydrogens is 220 g/mol. The summed E-state index contributed by atoms with van der Waals surface area (Å²) in [7, 11) is 2.29. The summed E-state index contributed by atoms with van der Waals surface area (Å²) in [6, 6.07) is 1.50. The Balaban J connectivity index is 2.47. The van der Waals surface area contributed by atoms with E-state index in [1.54, 1.807) is 0 Å². The normalized spacial score (nSPS) is 21.3. The summed E-state index contributed by atoms with van der Waals surface area (Å²) in [5.41, 5.74) is 0.426.